The minimum Gasteiger partial charge on any atom is -0.497 e. The van der Waals surface area contributed by atoms with Gasteiger partial charge in [0.15, 0.2) is 0 Å². The van der Waals surface area contributed by atoms with E-state index >= 15 is 0 Å². The molecule has 0 aliphatic heterocycles. The fourth-order valence-corrected chi connectivity index (χ4v) is 2.01. The Kier molecular flexibility index (Phi) is 3.93. The molecule has 0 saturated heterocycles. The number of ether oxygens (including phenoxy) is 1. The molecule has 17 heavy (non-hydrogen) atoms. The molecular weight excluding hydrogens is 255 g/mol. The van der Waals surface area contributed by atoms with Gasteiger partial charge in [-0.3, -0.25) is 0 Å². The lowest BCUT2D eigenvalue weighted by Crippen LogP contribution is -1.90. The summed E-state index contributed by atoms with van der Waals surface area (Å²) >= 11 is 11.9. The summed E-state index contributed by atoms with van der Waals surface area (Å²) in [7, 11) is 1.65. The Hall–Kier alpha value is -1.18. The van der Waals surface area contributed by atoms with Gasteiger partial charge in [-0.25, -0.2) is 0 Å². The Bertz CT molecular complexity index is 506. The van der Waals surface area contributed by atoms with Crippen molar-refractivity contribution in [2.45, 2.75) is 6.42 Å². The van der Waals surface area contributed by atoms with Gasteiger partial charge in [-0.15, -0.1) is 0 Å². The van der Waals surface area contributed by atoms with Gasteiger partial charge in [-0.2, -0.15) is 0 Å². The van der Waals surface area contributed by atoms with Gasteiger partial charge in [-0.1, -0.05) is 41.4 Å². The Morgan fingerprint density at radius 2 is 1.76 bits per heavy atom. The molecule has 0 bridgehead atoms. The summed E-state index contributed by atoms with van der Waals surface area (Å²) in [6, 6.07) is 14.5. The van der Waals surface area contributed by atoms with Crippen LogP contribution >= 0.6 is 23.2 Å². The molecule has 2 aromatic rings. The van der Waals surface area contributed by atoms with Gasteiger partial charge in [0.1, 0.15) is 5.75 Å². The summed E-state index contributed by atoms with van der Waals surface area (Å²) < 4.78 is 5.11. The highest BCUT2D eigenvalue weighted by molar-refractivity contribution is 6.34. The highest BCUT2D eigenvalue weighted by Gasteiger charge is 2.03. The summed E-state index contributed by atoms with van der Waals surface area (Å²) in [5.74, 6) is 0.850. The van der Waals surface area contributed by atoms with Crippen LogP contribution in [0.5, 0.6) is 5.75 Å². The van der Waals surface area contributed by atoms with E-state index in [2.05, 4.69) is 6.07 Å². The third kappa shape index (κ3) is 3.15. The maximum Gasteiger partial charge on any atom is 0.118 e. The topological polar surface area (TPSA) is 9.23 Å². The molecule has 87 valence electrons. The second-order valence-corrected chi connectivity index (χ2v) is 4.46. The number of benzene rings is 2. The first-order valence-electron chi connectivity index (χ1n) is 5.18. The molecule has 0 heterocycles. The van der Waals surface area contributed by atoms with Gasteiger partial charge in [0.05, 0.1) is 17.2 Å². The van der Waals surface area contributed by atoms with Crippen molar-refractivity contribution in [3.05, 3.63) is 63.6 Å². The van der Waals surface area contributed by atoms with Gasteiger partial charge in [0.25, 0.3) is 0 Å². The van der Waals surface area contributed by atoms with Gasteiger partial charge >= 0.3 is 0 Å². The molecule has 3 heteroatoms. The number of hydrogen-bond donors (Lipinski definition) is 0. The van der Waals surface area contributed by atoms with Crippen molar-refractivity contribution in [2.24, 2.45) is 0 Å². The van der Waals surface area contributed by atoms with E-state index in [0.717, 1.165) is 17.7 Å². The molecule has 0 aliphatic rings. The molecule has 1 radical (unpaired) electrons. The zero-order chi connectivity index (χ0) is 12.3. The van der Waals surface area contributed by atoms with E-state index in [9.17, 15) is 0 Å². The lowest BCUT2D eigenvalue weighted by molar-refractivity contribution is 0.414. The standard InChI is InChI=1S/C14H11Cl2O/c1-17-13-6-2-10(3-7-13)8-11-4-5-12(15)9-14(11)16/h2-7H,8H2,1H3. The van der Waals surface area contributed by atoms with Gasteiger partial charge < -0.3 is 4.74 Å². The summed E-state index contributed by atoms with van der Waals surface area (Å²) in [4.78, 5) is 0. The van der Waals surface area contributed by atoms with Crippen LogP contribution in [0, 0.1) is 6.07 Å². The Labute approximate surface area is 111 Å². The molecule has 0 fully saturated rings. The van der Waals surface area contributed by atoms with Crippen LogP contribution < -0.4 is 4.74 Å². The van der Waals surface area contributed by atoms with Crippen molar-refractivity contribution in [1.29, 1.82) is 0 Å². The van der Waals surface area contributed by atoms with Crippen LogP contribution in [0.25, 0.3) is 0 Å². The molecule has 1 nitrogen and oxygen atoms in total. The molecule has 0 saturated carbocycles. The molecule has 0 atom stereocenters. The molecule has 0 aliphatic carbocycles. The monoisotopic (exact) mass is 265 g/mol. The van der Waals surface area contributed by atoms with Crippen LogP contribution in [0.1, 0.15) is 11.1 Å². The predicted octanol–water partition coefficient (Wildman–Crippen LogP) is 4.39. The van der Waals surface area contributed by atoms with E-state index in [0.29, 0.717) is 10.0 Å². The van der Waals surface area contributed by atoms with Gasteiger partial charge in [-0.05, 0) is 35.7 Å². The number of rotatable bonds is 3. The van der Waals surface area contributed by atoms with Crippen LogP contribution in [0.15, 0.2) is 36.4 Å². The zero-order valence-corrected chi connectivity index (χ0v) is 10.8. The summed E-state index contributed by atoms with van der Waals surface area (Å²) in [6.45, 7) is 0. The fraction of sp³-hybridized carbons (Fsp3) is 0.143. The molecular formula is C14H11Cl2O. The lowest BCUT2D eigenvalue weighted by atomic mass is 10.1. The summed E-state index contributed by atoms with van der Waals surface area (Å²) in [5, 5.41) is 1.11. The molecule has 0 N–H and O–H groups in total. The van der Waals surface area contributed by atoms with Crippen molar-refractivity contribution in [1.82, 2.24) is 0 Å². The first-order valence-corrected chi connectivity index (χ1v) is 5.94. The predicted molar refractivity (Wildman–Crippen MR) is 71.1 cm³/mol. The molecule has 2 aromatic carbocycles. The summed E-state index contributed by atoms with van der Waals surface area (Å²) in [5.41, 5.74) is 2.18. The van der Waals surface area contributed by atoms with Crippen molar-refractivity contribution in [2.75, 3.05) is 7.11 Å². The number of hydrogen-bond acceptors (Lipinski definition) is 1. The van der Waals surface area contributed by atoms with Crippen LogP contribution in [0.4, 0.5) is 0 Å². The third-order valence-corrected chi connectivity index (χ3v) is 3.05. The normalized spacial score (nSPS) is 10.3. The minimum atomic E-state index is 0.536. The molecule has 0 amide bonds. The highest BCUT2D eigenvalue weighted by Crippen LogP contribution is 2.23. The highest BCUT2D eigenvalue weighted by atomic mass is 35.5. The molecule has 0 aromatic heterocycles. The van der Waals surface area contributed by atoms with Gasteiger partial charge in [0.2, 0.25) is 0 Å². The average molecular weight is 266 g/mol. The molecule has 0 spiro atoms. The van der Waals surface area contributed by atoms with E-state index in [1.54, 1.807) is 13.2 Å². The van der Waals surface area contributed by atoms with Gasteiger partial charge in [0, 0.05) is 6.07 Å². The Morgan fingerprint density at radius 1 is 1.06 bits per heavy atom. The lowest BCUT2D eigenvalue weighted by Gasteiger charge is -2.06. The van der Waals surface area contributed by atoms with E-state index < -0.39 is 0 Å². The molecule has 2 rings (SSSR count). The van der Waals surface area contributed by atoms with Crippen LogP contribution in [0.2, 0.25) is 10.0 Å². The second-order valence-electron chi connectivity index (χ2n) is 3.67. The van der Waals surface area contributed by atoms with Crippen LogP contribution in [0.3, 0.4) is 0 Å². The smallest absolute Gasteiger partial charge is 0.118 e. The number of methoxy groups -OCH3 is 1. The Morgan fingerprint density at radius 3 is 2.35 bits per heavy atom. The first kappa shape index (κ1) is 12.3. The second kappa shape index (κ2) is 5.44. The minimum absolute atomic E-state index is 0.536. The molecule has 0 unspecified atom stereocenters. The van der Waals surface area contributed by atoms with Crippen molar-refractivity contribution < 1.29 is 4.74 Å². The van der Waals surface area contributed by atoms with E-state index in [4.69, 9.17) is 27.9 Å². The van der Waals surface area contributed by atoms with E-state index in [1.165, 1.54) is 5.56 Å². The first-order chi connectivity index (χ1) is 8.19. The zero-order valence-electron chi connectivity index (χ0n) is 9.34. The van der Waals surface area contributed by atoms with Crippen molar-refractivity contribution >= 4 is 23.2 Å². The largest absolute Gasteiger partial charge is 0.497 e. The Balaban J connectivity index is 2.19. The third-order valence-electron chi connectivity index (χ3n) is 2.50. The van der Waals surface area contributed by atoms with E-state index in [-0.39, 0.29) is 0 Å². The maximum absolute atomic E-state index is 6.07. The van der Waals surface area contributed by atoms with Crippen LogP contribution in [-0.4, -0.2) is 7.11 Å². The quantitative estimate of drug-likeness (QED) is 0.800. The van der Waals surface area contributed by atoms with E-state index in [1.807, 2.05) is 30.3 Å². The van der Waals surface area contributed by atoms with Crippen molar-refractivity contribution in [3.63, 3.8) is 0 Å². The SMILES string of the molecule is COc1ccc(Cc2ccc(Cl)[c]c2Cl)cc1. The summed E-state index contributed by atoms with van der Waals surface area (Å²) in [6.07, 6.45) is 0.760. The van der Waals surface area contributed by atoms with Crippen molar-refractivity contribution in [3.8, 4) is 5.75 Å². The average Bonchev–Trinajstić information content (AvgIpc) is 2.34. The fourth-order valence-electron chi connectivity index (χ4n) is 1.57. The van der Waals surface area contributed by atoms with Crippen LogP contribution in [-0.2, 0) is 6.42 Å². The number of halogens is 2. The maximum atomic E-state index is 6.07.